The van der Waals surface area contributed by atoms with Crippen LogP contribution in [-0.2, 0) is 7.05 Å². The molecule has 1 aromatic carbocycles. The predicted molar refractivity (Wildman–Crippen MR) is 105 cm³/mol. The summed E-state index contributed by atoms with van der Waals surface area (Å²) in [4.78, 5) is 39.8. The van der Waals surface area contributed by atoms with Crippen LogP contribution in [0.15, 0.2) is 39.6 Å². The molecule has 0 radical (unpaired) electrons. The van der Waals surface area contributed by atoms with E-state index in [0.29, 0.717) is 48.5 Å². The molecule has 1 aliphatic heterocycles. The highest BCUT2D eigenvalue weighted by atomic mass is 16.6. The Hall–Kier alpha value is -3.69. The highest BCUT2D eigenvalue weighted by molar-refractivity contribution is 5.97. The summed E-state index contributed by atoms with van der Waals surface area (Å²) >= 11 is 0. The maximum atomic E-state index is 12.7. The predicted octanol–water partition coefficient (Wildman–Crippen LogP) is 1.71. The monoisotopic (exact) mass is 397 g/mol. The molecule has 1 fully saturated rings. The van der Waals surface area contributed by atoms with E-state index in [-0.39, 0.29) is 11.6 Å². The van der Waals surface area contributed by atoms with Gasteiger partial charge in [0.2, 0.25) is 0 Å². The number of piperazine rings is 1. The fraction of sp³-hybridized carbons (Fsp3) is 0.316. The molecule has 0 N–H and O–H groups in total. The third-order valence-electron chi connectivity index (χ3n) is 5.16. The van der Waals surface area contributed by atoms with Crippen LogP contribution in [0.2, 0.25) is 0 Å². The lowest BCUT2D eigenvalue weighted by molar-refractivity contribution is -0.385. The van der Waals surface area contributed by atoms with Crippen molar-refractivity contribution in [3.8, 4) is 0 Å². The van der Waals surface area contributed by atoms with Crippen LogP contribution in [0.3, 0.4) is 0 Å². The first-order valence-corrected chi connectivity index (χ1v) is 9.12. The molecule has 1 saturated heterocycles. The zero-order valence-corrected chi connectivity index (χ0v) is 16.0. The van der Waals surface area contributed by atoms with E-state index in [2.05, 4.69) is 5.16 Å². The highest BCUT2D eigenvalue weighted by Crippen LogP contribution is 2.33. The molecule has 150 valence electrons. The van der Waals surface area contributed by atoms with Crippen LogP contribution in [0.1, 0.15) is 16.2 Å². The molecule has 3 heterocycles. The number of anilines is 1. The number of hydrogen-bond acceptors (Lipinski definition) is 7. The molecule has 10 nitrogen and oxygen atoms in total. The minimum absolute atomic E-state index is 0.237. The number of nitrogens with zero attached hydrogens (tertiary/aromatic N) is 5. The second-order valence-electron chi connectivity index (χ2n) is 6.94. The number of carbonyl (C=O) groups excluding carboxylic acids is 1. The number of aromatic nitrogens is 2. The van der Waals surface area contributed by atoms with Crippen molar-refractivity contribution in [1.82, 2.24) is 14.6 Å². The van der Waals surface area contributed by atoms with Gasteiger partial charge in [-0.1, -0.05) is 23.4 Å². The molecular formula is C19H19N5O5. The normalized spacial score (nSPS) is 14.4. The second-order valence-corrected chi connectivity index (χ2v) is 6.94. The third-order valence-corrected chi connectivity index (χ3v) is 5.16. The van der Waals surface area contributed by atoms with Crippen LogP contribution in [0, 0.1) is 17.0 Å². The standard InChI is InChI=1S/C19H19N5O5/c1-12-11-14(20-29-12)18(25)23-9-7-22(8-10-23)16-13-5-3-4-6-15(13)21(2)19(26)17(16)24(27)28/h3-6,11H,7-10H2,1-2H3. The first kappa shape index (κ1) is 18.7. The quantitative estimate of drug-likeness (QED) is 0.488. The Balaban J connectivity index is 1.69. The largest absolute Gasteiger partial charge is 0.362 e. The Bertz CT molecular complexity index is 1170. The number of pyridine rings is 1. The van der Waals surface area contributed by atoms with Gasteiger partial charge in [0.15, 0.2) is 5.69 Å². The summed E-state index contributed by atoms with van der Waals surface area (Å²) in [5.74, 6) is 0.305. The summed E-state index contributed by atoms with van der Waals surface area (Å²) in [6.07, 6.45) is 0. The van der Waals surface area contributed by atoms with Gasteiger partial charge in [-0.25, -0.2) is 0 Å². The van der Waals surface area contributed by atoms with E-state index in [9.17, 15) is 19.7 Å². The van der Waals surface area contributed by atoms with Crippen LogP contribution >= 0.6 is 0 Å². The van der Waals surface area contributed by atoms with Crippen molar-refractivity contribution in [3.63, 3.8) is 0 Å². The summed E-state index contributed by atoms with van der Waals surface area (Å²) in [7, 11) is 1.53. The van der Waals surface area contributed by atoms with Gasteiger partial charge in [-0.15, -0.1) is 0 Å². The molecule has 1 aliphatic rings. The Labute approximate surface area is 165 Å². The lowest BCUT2D eigenvalue weighted by atomic mass is 10.1. The van der Waals surface area contributed by atoms with E-state index < -0.39 is 16.2 Å². The molecule has 0 aliphatic carbocycles. The van der Waals surface area contributed by atoms with E-state index in [4.69, 9.17) is 4.52 Å². The SMILES string of the molecule is Cc1cc(C(=O)N2CCN(c3c([N+](=O)[O-])c(=O)n(C)c4ccccc34)CC2)no1. The first-order chi connectivity index (χ1) is 13.9. The molecule has 3 aromatic rings. The van der Waals surface area contributed by atoms with Gasteiger partial charge in [-0.2, -0.15) is 0 Å². The van der Waals surface area contributed by atoms with Crippen molar-refractivity contribution in [2.75, 3.05) is 31.1 Å². The molecule has 0 spiro atoms. The average molecular weight is 397 g/mol. The van der Waals surface area contributed by atoms with Crippen molar-refractivity contribution in [2.45, 2.75) is 6.92 Å². The lowest BCUT2D eigenvalue weighted by Gasteiger charge is -2.35. The van der Waals surface area contributed by atoms with Crippen LogP contribution < -0.4 is 10.5 Å². The minimum atomic E-state index is -0.653. The smallest absolute Gasteiger partial charge is 0.357 e. The molecule has 0 atom stereocenters. The number of carbonyl (C=O) groups is 1. The van der Waals surface area contributed by atoms with Crippen LogP contribution in [-0.4, -0.2) is 51.6 Å². The van der Waals surface area contributed by atoms with Gasteiger partial charge in [-0.3, -0.25) is 19.7 Å². The zero-order valence-electron chi connectivity index (χ0n) is 16.0. The summed E-state index contributed by atoms with van der Waals surface area (Å²) in [5.41, 5.74) is 0.0621. The van der Waals surface area contributed by atoms with Gasteiger partial charge in [0, 0.05) is 44.7 Å². The van der Waals surface area contributed by atoms with Crippen molar-refractivity contribution in [3.05, 3.63) is 62.3 Å². The van der Waals surface area contributed by atoms with Gasteiger partial charge >= 0.3 is 11.2 Å². The molecular weight excluding hydrogens is 378 g/mol. The highest BCUT2D eigenvalue weighted by Gasteiger charge is 2.32. The average Bonchev–Trinajstić information content (AvgIpc) is 3.16. The molecule has 0 bridgehead atoms. The summed E-state index contributed by atoms with van der Waals surface area (Å²) in [6.45, 7) is 3.14. The van der Waals surface area contributed by atoms with E-state index in [1.165, 1.54) is 11.6 Å². The molecule has 10 heteroatoms. The summed E-state index contributed by atoms with van der Waals surface area (Å²) in [5, 5.41) is 16.1. The number of benzene rings is 1. The number of amides is 1. The van der Waals surface area contributed by atoms with Crippen molar-refractivity contribution in [1.29, 1.82) is 0 Å². The first-order valence-electron chi connectivity index (χ1n) is 9.12. The second kappa shape index (κ2) is 7.04. The topological polar surface area (TPSA) is 115 Å². The van der Waals surface area contributed by atoms with Crippen LogP contribution in [0.5, 0.6) is 0 Å². The minimum Gasteiger partial charge on any atom is -0.362 e. The molecule has 0 saturated carbocycles. The Morgan fingerprint density at radius 2 is 1.90 bits per heavy atom. The van der Waals surface area contributed by atoms with E-state index in [0.717, 1.165) is 0 Å². The zero-order chi connectivity index (χ0) is 20.7. The summed E-state index contributed by atoms with van der Waals surface area (Å²) in [6, 6.07) is 8.68. The maximum Gasteiger partial charge on any atom is 0.357 e. The Kier molecular flexibility index (Phi) is 4.53. The Morgan fingerprint density at radius 3 is 2.52 bits per heavy atom. The number of hydrogen-bond donors (Lipinski definition) is 0. The van der Waals surface area contributed by atoms with Crippen molar-refractivity contribution < 1.29 is 14.2 Å². The van der Waals surface area contributed by atoms with Gasteiger partial charge in [-0.05, 0) is 13.0 Å². The molecule has 2 aromatic heterocycles. The van der Waals surface area contributed by atoms with Gasteiger partial charge in [0.1, 0.15) is 11.4 Å². The third kappa shape index (κ3) is 3.12. The van der Waals surface area contributed by atoms with Gasteiger partial charge < -0.3 is 18.9 Å². The fourth-order valence-electron chi connectivity index (χ4n) is 3.71. The van der Waals surface area contributed by atoms with Gasteiger partial charge in [0.25, 0.3) is 5.91 Å². The van der Waals surface area contributed by atoms with Crippen molar-refractivity contribution >= 4 is 28.2 Å². The number of aryl methyl sites for hydroxylation is 2. The lowest BCUT2D eigenvalue weighted by Crippen LogP contribution is -2.49. The summed E-state index contributed by atoms with van der Waals surface area (Å²) < 4.78 is 6.26. The van der Waals surface area contributed by atoms with Crippen LogP contribution in [0.4, 0.5) is 11.4 Å². The van der Waals surface area contributed by atoms with Gasteiger partial charge in [0.05, 0.1) is 10.4 Å². The van der Waals surface area contributed by atoms with Crippen molar-refractivity contribution in [2.24, 2.45) is 7.05 Å². The molecule has 29 heavy (non-hydrogen) atoms. The number of rotatable bonds is 3. The number of fused-ring (bicyclic) bond motifs is 1. The van der Waals surface area contributed by atoms with E-state index >= 15 is 0 Å². The van der Waals surface area contributed by atoms with Crippen LogP contribution in [0.25, 0.3) is 10.9 Å². The number of nitro groups is 1. The Morgan fingerprint density at radius 1 is 1.21 bits per heavy atom. The van der Waals surface area contributed by atoms with E-state index in [1.54, 1.807) is 47.1 Å². The maximum absolute atomic E-state index is 12.7. The molecule has 1 amide bonds. The van der Waals surface area contributed by atoms with E-state index in [1.807, 2.05) is 0 Å². The molecule has 4 rings (SSSR count). The fourth-order valence-corrected chi connectivity index (χ4v) is 3.71. The molecule has 0 unspecified atom stereocenters. The number of para-hydroxylation sites is 1.